The van der Waals surface area contributed by atoms with E-state index in [2.05, 4.69) is 10.3 Å². The highest BCUT2D eigenvalue weighted by atomic mass is 35.5. The van der Waals surface area contributed by atoms with E-state index >= 15 is 0 Å². The first-order valence-corrected chi connectivity index (χ1v) is 6.18. The highest BCUT2D eigenvalue weighted by Crippen LogP contribution is 2.26. The van der Waals surface area contributed by atoms with Crippen LogP contribution in [0.5, 0.6) is 0 Å². The Balaban J connectivity index is 2.13. The summed E-state index contributed by atoms with van der Waals surface area (Å²) in [4.78, 5) is 25.7. The van der Waals surface area contributed by atoms with Gasteiger partial charge in [0.05, 0.1) is 11.5 Å². The molecule has 2 N–H and O–H groups in total. The monoisotopic (exact) mass is 301 g/mol. The molecule has 1 atom stereocenters. The van der Waals surface area contributed by atoms with E-state index in [4.69, 9.17) is 16.3 Å². The number of carbonyl (C=O) groups excluding carboxylic acids is 1. The minimum absolute atomic E-state index is 0.0526. The van der Waals surface area contributed by atoms with Crippen LogP contribution in [0.15, 0.2) is 12.3 Å². The Morgan fingerprint density at radius 1 is 1.70 bits per heavy atom. The zero-order valence-electron chi connectivity index (χ0n) is 10.3. The number of hydrogen-bond donors (Lipinski definition) is 2. The summed E-state index contributed by atoms with van der Waals surface area (Å²) in [7, 11) is 0. The second-order valence-electron chi connectivity index (χ2n) is 4.46. The molecule has 2 rings (SSSR count). The molecule has 0 saturated carbocycles. The smallest absolute Gasteiger partial charge is 0.319 e. The molecule has 1 fully saturated rings. The number of halogens is 1. The summed E-state index contributed by atoms with van der Waals surface area (Å²) in [5.74, 6) is -0.693. The van der Waals surface area contributed by atoms with Crippen LogP contribution in [0.4, 0.5) is 5.69 Å². The van der Waals surface area contributed by atoms with Crippen LogP contribution in [0.3, 0.4) is 0 Å². The number of aliphatic hydroxyl groups is 1. The van der Waals surface area contributed by atoms with Crippen molar-refractivity contribution in [2.45, 2.75) is 12.0 Å². The standard InChI is InChI=1S/C11H12ClN3O5/c12-9-8(15(18)19)7(1-3-13-9)10(16)14-5-11(17)2-4-20-6-11/h1,3,17H,2,4-6H2,(H,14,16). The van der Waals surface area contributed by atoms with E-state index < -0.39 is 22.1 Å². The van der Waals surface area contributed by atoms with Crippen LogP contribution in [0, 0.1) is 10.1 Å². The fourth-order valence-corrected chi connectivity index (χ4v) is 2.09. The molecular formula is C11H12ClN3O5. The molecule has 0 spiro atoms. The van der Waals surface area contributed by atoms with Gasteiger partial charge in [0.15, 0.2) is 0 Å². The molecule has 20 heavy (non-hydrogen) atoms. The van der Waals surface area contributed by atoms with Gasteiger partial charge in [-0.2, -0.15) is 0 Å². The third-order valence-corrected chi connectivity index (χ3v) is 3.24. The number of ether oxygens (including phenoxy) is 1. The van der Waals surface area contributed by atoms with E-state index in [9.17, 15) is 20.0 Å². The van der Waals surface area contributed by atoms with Crippen molar-refractivity contribution in [2.24, 2.45) is 0 Å². The number of amides is 1. The second kappa shape index (κ2) is 5.70. The summed E-state index contributed by atoms with van der Waals surface area (Å²) < 4.78 is 5.04. The molecule has 1 aromatic heterocycles. The summed E-state index contributed by atoms with van der Waals surface area (Å²) in [6.45, 7) is 0.475. The lowest BCUT2D eigenvalue weighted by Gasteiger charge is -2.20. The molecule has 1 aliphatic rings. The molecule has 0 radical (unpaired) electrons. The fourth-order valence-electron chi connectivity index (χ4n) is 1.86. The van der Waals surface area contributed by atoms with Gasteiger partial charge in [-0.25, -0.2) is 4.98 Å². The highest BCUT2D eigenvalue weighted by molar-refractivity contribution is 6.32. The topological polar surface area (TPSA) is 115 Å². The Kier molecular flexibility index (Phi) is 4.17. The molecule has 108 valence electrons. The quantitative estimate of drug-likeness (QED) is 0.476. The number of nitrogens with zero attached hydrogens (tertiary/aromatic N) is 2. The van der Waals surface area contributed by atoms with E-state index in [-0.39, 0.29) is 23.9 Å². The van der Waals surface area contributed by atoms with E-state index in [0.29, 0.717) is 13.0 Å². The third kappa shape index (κ3) is 3.03. The van der Waals surface area contributed by atoms with Gasteiger partial charge in [-0.3, -0.25) is 14.9 Å². The largest absolute Gasteiger partial charge is 0.386 e. The Labute approximate surface area is 118 Å². The lowest BCUT2D eigenvalue weighted by molar-refractivity contribution is -0.385. The number of carbonyl (C=O) groups is 1. The van der Waals surface area contributed by atoms with Crippen LogP contribution in [0.25, 0.3) is 0 Å². The summed E-state index contributed by atoms with van der Waals surface area (Å²) in [5.41, 5.74) is -1.89. The summed E-state index contributed by atoms with van der Waals surface area (Å²) in [5, 5.41) is 23.0. The van der Waals surface area contributed by atoms with Crippen LogP contribution < -0.4 is 5.32 Å². The number of hydrogen-bond acceptors (Lipinski definition) is 6. The number of nitrogens with one attached hydrogen (secondary N) is 1. The van der Waals surface area contributed by atoms with Crippen molar-refractivity contribution in [3.8, 4) is 0 Å². The molecule has 0 aromatic carbocycles. The van der Waals surface area contributed by atoms with Crippen molar-refractivity contribution < 1.29 is 19.6 Å². The summed E-state index contributed by atoms with van der Waals surface area (Å²) in [6.07, 6.45) is 1.60. The van der Waals surface area contributed by atoms with Crippen LogP contribution in [0.1, 0.15) is 16.8 Å². The van der Waals surface area contributed by atoms with E-state index in [1.807, 2.05) is 0 Å². The number of aromatic nitrogens is 1. The molecule has 1 unspecified atom stereocenters. The first-order chi connectivity index (χ1) is 9.43. The molecule has 0 aliphatic carbocycles. The zero-order valence-corrected chi connectivity index (χ0v) is 11.1. The normalized spacial score (nSPS) is 21.7. The molecule has 1 amide bonds. The molecule has 1 aromatic rings. The first-order valence-electron chi connectivity index (χ1n) is 5.80. The Hall–Kier alpha value is -1.77. The van der Waals surface area contributed by atoms with Gasteiger partial charge in [-0.15, -0.1) is 0 Å². The Bertz CT molecular complexity index is 545. The van der Waals surface area contributed by atoms with Gasteiger partial charge in [0.2, 0.25) is 5.15 Å². The molecule has 1 saturated heterocycles. The summed E-state index contributed by atoms with van der Waals surface area (Å²) in [6, 6.07) is 1.20. The van der Waals surface area contributed by atoms with Gasteiger partial charge >= 0.3 is 5.69 Å². The molecule has 1 aliphatic heterocycles. The second-order valence-corrected chi connectivity index (χ2v) is 4.82. The van der Waals surface area contributed by atoms with Crippen molar-refractivity contribution >= 4 is 23.2 Å². The molecule has 9 heteroatoms. The SMILES string of the molecule is O=C(NCC1(O)CCOC1)c1ccnc(Cl)c1[N+](=O)[O-]. The average molecular weight is 302 g/mol. The molecule has 8 nitrogen and oxygen atoms in total. The zero-order chi connectivity index (χ0) is 14.8. The van der Waals surface area contributed by atoms with Crippen LogP contribution in [0.2, 0.25) is 5.15 Å². The van der Waals surface area contributed by atoms with Crippen LogP contribution in [-0.4, -0.2) is 46.3 Å². The van der Waals surface area contributed by atoms with Crippen molar-refractivity contribution in [2.75, 3.05) is 19.8 Å². The highest BCUT2D eigenvalue weighted by Gasteiger charge is 2.33. The maximum absolute atomic E-state index is 12.0. The van der Waals surface area contributed by atoms with Gasteiger partial charge in [-0.05, 0) is 6.07 Å². The molecule has 2 heterocycles. The van der Waals surface area contributed by atoms with Crippen molar-refractivity contribution in [3.63, 3.8) is 0 Å². The Morgan fingerprint density at radius 2 is 2.45 bits per heavy atom. The van der Waals surface area contributed by atoms with Gasteiger partial charge in [-0.1, -0.05) is 11.6 Å². The van der Waals surface area contributed by atoms with Crippen LogP contribution >= 0.6 is 11.6 Å². The first kappa shape index (κ1) is 14.6. The Morgan fingerprint density at radius 3 is 3.05 bits per heavy atom. The van der Waals surface area contributed by atoms with Gasteiger partial charge in [0.1, 0.15) is 11.2 Å². The minimum atomic E-state index is -1.14. The maximum atomic E-state index is 12.0. The summed E-state index contributed by atoms with van der Waals surface area (Å²) >= 11 is 5.62. The van der Waals surface area contributed by atoms with Crippen LogP contribution in [-0.2, 0) is 4.74 Å². The van der Waals surface area contributed by atoms with Crippen molar-refractivity contribution in [1.29, 1.82) is 0 Å². The predicted molar refractivity (Wildman–Crippen MR) is 68.6 cm³/mol. The number of rotatable bonds is 4. The number of pyridine rings is 1. The molecule has 0 bridgehead atoms. The number of nitro groups is 1. The van der Waals surface area contributed by atoms with E-state index in [1.54, 1.807) is 0 Å². The predicted octanol–water partition coefficient (Wildman–Crippen LogP) is 0.524. The lowest BCUT2D eigenvalue weighted by Crippen LogP contribution is -2.43. The van der Waals surface area contributed by atoms with Gasteiger partial charge in [0, 0.05) is 25.8 Å². The third-order valence-electron chi connectivity index (χ3n) is 2.97. The van der Waals surface area contributed by atoms with Crippen molar-refractivity contribution in [1.82, 2.24) is 10.3 Å². The van der Waals surface area contributed by atoms with E-state index in [0.717, 1.165) is 0 Å². The lowest BCUT2D eigenvalue weighted by atomic mass is 10.0. The minimum Gasteiger partial charge on any atom is -0.386 e. The molecular weight excluding hydrogens is 290 g/mol. The fraction of sp³-hybridized carbons (Fsp3) is 0.455. The van der Waals surface area contributed by atoms with Crippen molar-refractivity contribution in [3.05, 3.63) is 33.1 Å². The van der Waals surface area contributed by atoms with Gasteiger partial charge < -0.3 is 15.2 Å². The van der Waals surface area contributed by atoms with E-state index in [1.165, 1.54) is 12.3 Å². The maximum Gasteiger partial charge on any atom is 0.319 e. The van der Waals surface area contributed by atoms with Gasteiger partial charge in [0.25, 0.3) is 5.91 Å². The average Bonchev–Trinajstić information content (AvgIpc) is 2.82.